The van der Waals surface area contributed by atoms with Gasteiger partial charge in [-0.05, 0) is 37.3 Å². The fourth-order valence-corrected chi connectivity index (χ4v) is 2.84. The molecule has 2 aromatic heterocycles. The largest absolute Gasteiger partial charge is 0.416 e. The monoisotopic (exact) mass is 472 g/mol. The van der Waals surface area contributed by atoms with Crippen LogP contribution in [0.25, 0.3) is 5.82 Å². The summed E-state index contributed by atoms with van der Waals surface area (Å²) >= 11 is 5.73. The molecule has 0 radical (unpaired) electrons. The van der Waals surface area contributed by atoms with Gasteiger partial charge in [0.2, 0.25) is 5.91 Å². The van der Waals surface area contributed by atoms with Crippen molar-refractivity contribution in [2.24, 2.45) is 5.73 Å². The number of nitrogens with zero attached hydrogens (tertiary/aromatic N) is 4. The molecular formula is C18H16ClF3N6O2S. The second kappa shape index (κ2) is 9.35. The minimum Gasteiger partial charge on any atom is -0.366 e. The fraction of sp³-hybridized carbons (Fsp3) is 0.167. The molecule has 0 saturated heterocycles. The first-order chi connectivity index (χ1) is 14.1. The van der Waals surface area contributed by atoms with Crippen molar-refractivity contribution in [3.05, 3.63) is 70.4 Å². The Hall–Kier alpha value is -3.12. The number of carbonyl (C=O) groups is 2. The molecule has 2 amide bonds. The third-order valence-corrected chi connectivity index (χ3v) is 4.26. The Kier molecular flexibility index (Phi) is 7.28. The number of carbonyl (C=O) groups excluding carboxylic acids is 2. The molecule has 0 spiro atoms. The number of hydrogen-bond donors (Lipinski definition) is 2. The lowest BCUT2D eigenvalue weighted by atomic mass is 10.1. The van der Waals surface area contributed by atoms with Crippen molar-refractivity contribution in [3.63, 3.8) is 0 Å². The molecule has 164 valence electrons. The summed E-state index contributed by atoms with van der Waals surface area (Å²) in [5.41, 5.74) is 4.09. The van der Waals surface area contributed by atoms with Crippen LogP contribution in [0.1, 0.15) is 45.1 Å². The summed E-state index contributed by atoms with van der Waals surface area (Å²) in [5.74, 6) is -0.855. The van der Waals surface area contributed by atoms with Crippen LogP contribution in [0, 0.1) is 0 Å². The lowest BCUT2D eigenvalue weighted by Gasteiger charge is -2.15. The maximum Gasteiger partial charge on any atom is 0.416 e. The van der Waals surface area contributed by atoms with Crippen molar-refractivity contribution < 1.29 is 22.8 Å². The van der Waals surface area contributed by atoms with E-state index in [1.807, 2.05) is 0 Å². The molecule has 8 nitrogen and oxygen atoms in total. The van der Waals surface area contributed by atoms with E-state index in [0.717, 1.165) is 12.1 Å². The van der Waals surface area contributed by atoms with Gasteiger partial charge in [-0.15, -0.1) is 0 Å². The van der Waals surface area contributed by atoms with Gasteiger partial charge in [0.05, 0.1) is 17.2 Å². The topological polar surface area (TPSA) is 116 Å². The highest BCUT2D eigenvalue weighted by Crippen LogP contribution is 2.32. The lowest BCUT2D eigenvalue weighted by molar-refractivity contribution is -0.137. The number of alkyl halides is 3. The second-order valence-electron chi connectivity index (χ2n) is 6.22. The highest BCUT2D eigenvalue weighted by molar-refractivity contribution is 7.59. The molecular weight excluding hydrogens is 457 g/mol. The minimum absolute atomic E-state index is 0. The van der Waals surface area contributed by atoms with Crippen LogP contribution in [-0.2, 0) is 6.18 Å². The highest BCUT2D eigenvalue weighted by atomic mass is 35.5. The van der Waals surface area contributed by atoms with Gasteiger partial charge in [0.15, 0.2) is 11.6 Å². The Balaban J connectivity index is 0.00000341. The van der Waals surface area contributed by atoms with E-state index in [0.29, 0.717) is 11.9 Å². The van der Waals surface area contributed by atoms with Gasteiger partial charge < -0.3 is 11.1 Å². The van der Waals surface area contributed by atoms with Gasteiger partial charge in [0.25, 0.3) is 5.91 Å². The molecule has 3 aromatic rings. The first-order valence-electron chi connectivity index (χ1n) is 8.41. The van der Waals surface area contributed by atoms with E-state index < -0.39 is 29.6 Å². The van der Waals surface area contributed by atoms with Gasteiger partial charge in [-0.1, -0.05) is 11.6 Å². The van der Waals surface area contributed by atoms with Gasteiger partial charge in [0, 0.05) is 16.8 Å². The Morgan fingerprint density at radius 2 is 1.87 bits per heavy atom. The summed E-state index contributed by atoms with van der Waals surface area (Å²) in [6, 6.07) is 4.77. The molecule has 3 rings (SSSR count). The Morgan fingerprint density at radius 3 is 2.45 bits per heavy atom. The zero-order valence-corrected chi connectivity index (χ0v) is 17.6. The highest BCUT2D eigenvalue weighted by Gasteiger charge is 2.32. The SMILES string of the molecule is C[C@H](NC(=O)c1cc(Cl)cc(C(F)(F)F)c1)c1ncnn1-c1ccc(C(N)=O)cn1.S. The summed E-state index contributed by atoms with van der Waals surface area (Å²) in [5, 5.41) is 6.36. The van der Waals surface area contributed by atoms with Gasteiger partial charge >= 0.3 is 6.18 Å². The van der Waals surface area contributed by atoms with Crippen LogP contribution < -0.4 is 11.1 Å². The number of primary amides is 1. The molecule has 0 aliphatic rings. The van der Waals surface area contributed by atoms with Crippen LogP contribution in [0.4, 0.5) is 13.2 Å². The van der Waals surface area contributed by atoms with Crippen LogP contribution in [0.2, 0.25) is 5.02 Å². The molecule has 0 fully saturated rings. The van der Waals surface area contributed by atoms with Crippen molar-refractivity contribution in [1.29, 1.82) is 0 Å². The molecule has 0 unspecified atom stereocenters. The van der Waals surface area contributed by atoms with Crippen molar-refractivity contribution in [2.45, 2.75) is 19.1 Å². The first-order valence-corrected chi connectivity index (χ1v) is 8.79. The molecule has 0 aliphatic heterocycles. The number of halogens is 4. The van der Waals surface area contributed by atoms with E-state index in [4.69, 9.17) is 17.3 Å². The number of benzene rings is 1. The summed E-state index contributed by atoms with van der Waals surface area (Å²) in [6.07, 6.45) is -2.16. The van der Waals surface area contributed by atoms with E-state index in [2.05, 4.69) is 20.4 Å². The number of amides is 2. The molecule has 1 atom stereocenters. The summed E-state index contributed by atoms with van der Waals surface area (Å²) in [6.45, 7) is 1.57. The van der Waals surface area contributed by atoms with Crippen molar-refractivity contribution >= 4 is 36.9 Å². The molecule has 2 heterocycles. The predicted octanol–water partition coefficient (Wildman–Crippen LogP) is 3.04. The van der Waals surface area contributed by atoms with E-state index >= 15 is 0 Å². The standard InChI is InChI=1S/C18H14ClF3N6O2.H2S/c1-9(27-17(30)11-4-12(18(20,21)22)6-13(19)5-11)16-25-8-26-28(16)14-3-2-10(7-24-14)15(23)29;/h2-9H,1H3,(H2,23,29)(H,27,30);1H2/t9-;/m0./s1. The average Bonchev–Trinajstić information content (AvgIpc) is 3.16. The number of hydrogen-bond acceptors (Lipinski definition) is 5. The van der Waals surface area contributed by atoms with Gasteiger partial charge in [-0.2, -0.15) is 36.4 Å². The van der Waals surface area contributed by atoms with Crippen molar-refractivity contribution in [1.82, 2.24) is 25.1 Å². The quantitative estimate of drug-likeness (QED) is 0.592. The summed E-state index contributed by atoms with van der Waals surface area (Å²) in [7, 11) is 0. The third-order valence-electron chi connectivity index (χ3n) is 4.05. The van der Waals surface area contributed by atoms with E-state index in [-0.39, 0.29) is 35.5 Å². The van der Waals surface area contributed by atoms with Crippen molar-refractivity contribution in [2.75, 3.05) is 0 Å². The predicted molar refractivity (Wildman–Crippen MR) is 110 cm³/mol. The number of nitrogens with two attached hydrogens (primary N) is 1. The normalized spacial score (nSPS) is 12.0. The van der Waals surface area contributed by atoms with Gasteiger partial charge in [0.1, 0.15) is 6.33 Å². The maximum absolute atomic E-state index is 13.0. The molecule has 31 heavy (non-hydrogen) atoms. The van der Waals surface area contributed by atoms with Crippen LogP contribution in [0.3, 0.4) is 0 Å². The number of rotatable bonds is 5. The van der Waals surface area contributed by atoms with E-state index in [1.54, 1.807) is 6.92 Å². The second-order valence-corrected chi connectivity index (χ2v) is 6.66. The number of pyridine rings is 1. The fourth-order valence-electron chi connectivity index (χ4n) is 2.61. The summed E-state index contributed by atoms with van der Waals surface area (Å²) in [4.78, 5) is 31.8. The molecule has 1 aromatic carbocycles. The van der Waals surface area contributed by atoms with E-state index in [9.17, 15) is 22.8 Å². The molecule has 0 saturated carbocycles. The summed E-state index contributed by atoms with van der Waals surface area (Å²) < 4.78 is 40.2. The Bertz CT molecular complexity index is 1100. The smallest absolute Gasteiger partial charge is 0.366 e. The molecule has 3 N–H and O–H groups in total. The zero-order chi connectivity index (χ0) is 22.1. The zero-order valence-electron chi connectivity index (χ0n) is 15.8. The Morgan fingerprint density at radius 1 is 1.16 bits per heavy atom. The molecule has 0 bridgehead atoms. The van der Waals surface area contributed by atoms with Crippen LogP contribution in [0.15, 0.2) is 42.9 Å². The Labute approximate surface area is 186 Å². The van der Waals surface area contributed by atoms with Gasteiger partial charge in [-0.3, -0.25) is 9.59 Å². The molecule has 0 aliphatic carbocycles. The van der Waals surface area contributed by atoms with Crippen molar-refractivity contribution in [3.8, 4) is 5.82 Å². The minimum atomic E-state index is -4.64. The lowest BCUT2D eigenvalue weighted by Crippen LogP contribution is -2.29. The number of nitrogens with one attached hydrogen (secondary N) is 1. The van der Waals surface area contributed by atoms with E-state index in [1.165, 1.54) is 29.3 Å². The first kappa shape index (κ1) is 24.2. The number of aromatic nitrogens is 4. The average molecular weight is 473 g/mol. The molecule has 13 heteroatoms. The van der Waals surface area contributed by atoms with Crippen LogP contribution in [-0.4, -0.2) is 31.6 Å². The third kappa shape index (κ3) is 5.52. The van der Waals surface area contributed by atoms with Crippen LogP contribution in [0.5, 0.6) is 0 Å². The van der Waals surface area contributed by atoms with Crippen LogP contribution >= 0.6 is 25.1 Å². The van der Waals surface area contributed by atoms with Gasteiger partial charge in [-0.25, -0.2) is 9.97 Å². The maximum atomic E-state index is 13.0.